The van der Waals surface area contributed by atoms with Crippen LogP contribution in [-0.4, -0.2) is 21.9 Å². The summed E-state index contributed by atoms with van der Waals surface area (Å²) in [5.74, 6) is 2.85. The van der Waals surface area contributed by atoms with Gasteiger partial charge in [-0.05, 0) is 85.9 Å². The van der Waals surface area contributed by atoms with E-state index >= 15 is 0 Å². The molecule has 10 atom stereocenters. The van der Waals surface area contributed by atoms with Crippen molar-refractivity contribution >= 4 is 0 Å². The summed E-state index contributed by atoms with van der Waals surface area (Å²) in [6, 6.07) is 2.84. The highest BCUT2D eigenvalue weighted by Crippen LogP contribution is 2.74. The molecule has 4 aliphatic rings. The molecule has 4 fully saturated rings. The highest BCUT2D eigenvalue weighted by Gasteiger charge is 2.70. The van der Waals surface area contributed by atoms with Crippen LogP contribution >= 0.6 is 0 Å². The summed E-state index contributed by atoms with van der Waals surface area (Å²) in [5.41, 5.74) is -0.940. The molecule has 3 nitrogen and oxygen atoms in total. The molecule has 0 saturated heterocycles. The Kier molecular flexibility index (Phi) is 4.76. The highest BCUT2D eigenvalue weighted by molar-refractivity contribution is 5.23. The van der Waals surface area contributed by atoms with E-state index in [4.69, 9.17) is 0 Å². The van der Waals surface area contributed by atoms with Crippen LogP contribution in [0, 0.1) is 57.2 Å². The third kappa shape index (κ3) is 2.28. The molecule has 0 aliphatic heterocycles. The largest absolute Gasteiger partial charge is 0.393 e. The van der Waals surface area contributed by atoms with Gasteiger partial charge in [0.2, 0.25) is 0 Å². The molecule has 0 radical (unpaired) electrons. The van der Waals surface area contributed by atoms with E-state index in [2.05, 4.69) is 40.7 Å². The smallest absolute Gasteiger partial charge is 0.0728 e. The second kappa shape index (κ2) is 6.45. The van der Waals surface area contributed by atoms with Crippen LogP contribution in [0.1, 0.15) is 92.4 Å². The van der Waals surface area contributed by atoms with Gasteiger partial charge in [0, 0.05) is 6.42 Å². The Balaban J connectivity index is 1.76. The first-order chi connectivity index (χ1) is 13.1. The normalized spacial score (nSPS) is 58.4. The number of nitriles is 1. The van der Waals surface area contributed by atoms with Crippen LogP contribution in [0.25, 0.3) is 0 Å². The van der Waals surface area contributed by atoms with Crippen molar-refractivity contribution in [3.63, 3.8) is 0 Å². The Morgan fingerprint density at radius 3 is 2.25 bits per heavy atom. The summed E-state index contributed by atoms with van der Waals surface area (Å²) in [5, 5.41) is 32.2. The standard InChI is InChI=1S/C25H41NO2/c1-6-17-19(7-2)24(5,15-26)23(4)12-10-20-18(21(17)23)9-13-25(28)14-16(27)8-11-22(20,25)3/h16-21,27-28H,6-14H2,1-5H3/t16?,17?,18-,19?,20-,21+,22-,23+,24?,25?/m1/s1. The van der Waals surface area contributed by atoms with Gasteiger partial charge in [0.1, 0.15) is 0 Å². The number of hydrogen-bond acceptors (Lipinski definition) is 3. The van der Waals surface area contributed by atoms with Crippen molar-refractivity contribution in [2.45, 2.75) is 104 Å². The fraction of sp³-hybridized carbons (Fsp3) is 0.960. The first-order valence-electron chi connectivity index (χ1n) is 11.9. The maximum Gasteiger partial charge on any atom is 0.0728 e. The van der Waals surface area contributed by atoms with Gasteiger partial charge in [-0.2, -0.15) is 5.26 Å². The van der Waals surface area contributed by atoms with Crippen molar-refractivity contribution in [1.29, 1.82) is 5.26 Å². The van der Waals surface area contributed by atoms with Crippen LogP contribution < -0.4 is 0 Å². The van der Waals surface area contributed by atoms with E-state index in [1.165, 1.54) is 6.42 Å². The van der Waals surface area contributed by atoms with Crippen LogP contribution in [0.15, 0.2) is 0 Å². The van der Waals surface area contributed by atoms with Gasteiger partial charge in [-0.15, -0.1) is 0 Å². The molecule has 28 heavy (non-hydrogen) atoms. The zero-order valence-electron chi connectivity index (χ0n) is 18.7. The van der Waals surface area contributed by atoms with Gasteiger partial charge in [-0.25, -0.2) is 0 Å². The topological polar surface area (TPSA) is 64.2 Å². The van der Waals surface area contributed by atoms with Gasteiger partial charge < -0.3 is 10.2 Å². The molecule has 0 amide bonds. The Labute approximate surface area is 171 Å². The van der Waals surface area contributed by atoms with Gasteiger partial charge in [0.15, 0.2) is 0 Å². The average Bonchev–Trinajstić information content (AvgIpc) is 2.86. The van der Waals surface area contributed by atoms with Gasteiger partial charge in [0.05, 0.1) is 23.2 Å². The van der Waals surface area contributed by atoms with Crippen LogP contribution in [-0.2, 0) is 0 Å². The van der Waals surface area contributed by atoms with Gasteiger partial charge in [-0.3, -0.25) is 0 Å². The Hall–Kier alpha value is -0.590. The lowest BCUT2D eigenvalue weighted by Gasteiger charge is -2.64. The first-order valence-corrected chi connectivity index (χ1v) is 11.9. The lowest BCUT2D eigenvalue weighted by Crippen LogP contribution is -2.63. The van der Waals surface area contributed by atoms with Crippen molar-refractivity contribution in [3.05, 3.63) is 0 Å². The fourth-order valence-corrected chi connectivity index (χ4v) is 9.44. The van der Waals surface area contributed by atoms with Crippen molar-refractivity contribution in [1.82, 2.24) is 0 Å². The quantitative estimate of drug-likeness (QED) is 0.675. The minimum atomic E-state index is -0.706. The minimum absolute atomic E-state index is 0.0812. The van der Waals surface area contributed by atoms with Crippen LogP contribution in [0.4, 0.5) is 0 Å². The molecule has 0 aromatic carbocycles. The van der Waals surface area contributed by atoms with Crippen molar-refractivity contribution < 1.29 is 10.2 Å². The van der Waals surface area contributed by atoms with Gasteiger partial charge in [0.25, 0.3) is 0 Å². The van der Waals surface area contributed by atoms with Crippen LogP contribution in [0.3, 0.4) is 0 Å². The van der Waals surface area contributed by atoms with E-state index < -0.39 is 5.60 Å². The maximum absolute atomic E-state index is 11.6. The number of hydrogen-bond donors (Lipinski definition) is 2. The van der Waals surface area contributed by atoms with Crippen LogP contribution in [0.5, 0.6) is 0 Å². The second-order valence-electron chi connectivity index (χ2n) is 11.5. The third-order valence-electron chi connectivity index (χ3n) is 11.1. The minimum Gasteiger partial charge on any atom is -0.393 e. The molecule has 5 unspecified atom stereocenters. The summed E-state index contributed by atoms with van der Waals surface area (Å²) in [6.45, 7) is 11.6. The fourth-order valence-electron chi connectivity index (χ4n) is 9.44. The number of rotatable bonds is 2. The van der Waals surface area contributed by atoms with Gasteiger partial charge >= 0.3 is 0 Å². The molecule has 0 heterocycles. The summed E-state index contributed by atoms with van der Waals surface area (Å²) >= 11 is 0. The third-order valence-corrected chi connectivity index (χ3v) is 11.1. The molecule has 4 saturated carbocycles. The van der Waals surface area contributed by atoms with Crippen molar-refractivity contribution in [2.75, 3.05) is 0 Å². The molecule has 4 rings (SSSR count). The van der Waals surface area contributed by atoms with E-state index in [0.717, 1.165) is 44.9 Å². The molecule has 158 valence electrons. The Bertz CT molecular complexity index is 672. The lowest BCUT2D eigenvalue weighted by molar-refractivity contribution is -0.223. The Morgan fingerprint density at radius 1 is 0.964 bits per heavy atom. The van der Waals surface area contributed by atoms with Gasteiger partial charge in [-0.1, -0.05) is 40.5 Å². The molecular weight excluding hydrogens is 346 g/mol. The summed E-state index contributed by atoms with van der Waals surface area (Å²) in [4.78, 5) is 0. The average molecular weight is 388 g/mol. The lowest BCUT2D eigenvalue weighted by atomic mass is 9.42. The van der Waals surface area contributed by atoms with E-state index in [1.807, 2.05) is 0 Å². The molecule has 0 aromatic heterocycles. The number of nitrogens with zero attached hydrogens (tertiary/aromatic N) is 1. The van der Waals surface area contributed by atoms with E-state index in [9.17, 15) is 15.5 Å². The van der Waals surface area contributed by atoms with E-state index in [-0.39, 0.29) is 22.3 Å². The van der Waals surface area contributed by atoms with Crippen molar-refractivity contribution in [2.24, 2.45) is 45.8 Å². The predicted molar refractivity (Wildman–Crippen MR) is 111 cm³/mol. The second-order valence-corrected chi connectivity index (χ2v) is 11.5. The van der Waals surface area contributed by atoms with E-state index in [1.54, 1.807) is 0 Å². The summed E-state index contributed by atoms with van der Waals surface area (Å²) in [6.07, 6.45) is 8.39. The molecular formula is C25H41NO2. The van der Waals surface area contributed by atoms with Crippen LogP contribution in [0.2, 0.25) is 0 Å². The summed E-state index contributed by atoms with van der Waals surface area (Å²) < 4.78 is 0. The maximum atomic E-state index is 11.6. The van der Waals surface area contributed by atoms with E-state index in [0.29, 0.717) is 36.0 Å². The van der Waals surface area contributed by atoms with Crippen molar-refractivity contribution in [3.8, 4) is 6.07 Å². The molecule has 0 bridgehead atoms. The monoisotopic (exact) mass is 387 g/mol. The number of fused-ring (bicyclic) bond motifs is 5. The predicted octanol–water partition coefficient (Wildman–Crippen LogP) is 5.31. The highest BCUT2D eigenvalue weighted by atomic mass is 16.3. The molecule has 0 aromatic rings. The Morgan fingerprint density at radius 2 is 1.64 bits per heavy atom. The zero-order chi connectivity index (χ0) is 20.5. The zero-order valence-corrected chi connectivity index (χ0v) is 18.7. The molecule has 0 spiro atoms. The molecule has 2 N–H and O–H groups in total. The SMILES string of the molecule is CCC1C(CC)C(C)(C#N)[C@@]2(C)CC[C@@H]3[C@@H](CCC4(O)CC(O)CC[C@]34C)[C@H]12. The molecule has 4 aliphatic carbocycles. The molecule has 3 heteroatoms. The summed E-state index contributed by atoms with van der Waals surface area (Å²) in [7, 11) is 0. The number of aliphatic hydroxyl groups excluding tert-OH is 1. The number of aliphatic hydroxyl groups is 2. The first kappa shape index (κ1) is 20.7.